The van der Waals surface area contributed by atoms with Crippen LogP contribution in [0.4, 0.5) is 5.69 Å². The van der Waals surface area contributed by atoms with E-state index < -0.39 is 0 Å². The SMILES string of the molecule is O=C(CN1CCN(c2ccccc2)CC1)N1CCCCCC1. The van der Waals surface area contributed by atoms with Crippen LogP contribution >= 0.6 is 0 Å². The number of hydrogen-bond donors (Lipinski definition) is 0. The van der Waals surface area contributed by atoms with Crippen LogP contribution in [0.25, 0.3) is 0 Å². The molecule has 0 atom stereocenters. The van der Waals surface area contributed by atoms with Crippen molar-refractivity contribution >= 4 is 11.6 Å². The van der Waals surface area contributed by atoms with Crippen LogP contribution in [0.1, 0.15) is 25.7 Å². The van der Waals surface area contributed by atoms with Crippen molar-refractivity contribution in [1.82, 2.24) is 9.80 Å². The molecule has 0 aromatic heterocycles. The van der Waals surface area contributed by atoms with Gasteiger partial charge in [0, 0.05) is 45.0 Å². The molecule has 1 aromatic carbocycles. The van der Waals surface area contributed by atoms with Gasteiger partial charge in [-0.05, 0) is 25.0 Å². The third-order valence-electron chi connectivity index (χ3n) is 4.81. The molecule has 22 heavy (non-hydrogen) atoms. The van der Waals surface area contributed by atoms with E-state index in [-0.39, 0.29) is 0 Å². The molecule has 120 valence electrons. The molecule has 2 aliphatic rings. The van der Waals surface area contributed by atoms with Crippen molar-refractivity contribution in [2.75, 3.05) is 50.7 Å². The van der Waals surface area contributed by atoms with Crippen molar-refractivity contribution in [2.24, 2.45) is 0 Å². The fourth-order valence-corrected chi connectivity index (χ4v) is 3.41. The van der Waals surface area contributed by atoms with Crippen molar-refractivity contribution in [1.29, 1.82) is 0 Å². The highest BCUT2D eigenvalue weighted by Crippen LogP contribution is 2.16. The Bertz CT molecular complexity index is 460. The van der Waals surface area contributed by atoms with Gasteiger partial charge in [0.1, 0.15) is 0 Å². The van der Waals surface area contributed by atoms with Crippen molar-refractivity contribution < 1.29 is 4.79 Å². The molecule has 0 spiro atoms. The van der Waals surface area contributed by atoms with E-state index in [1.54, 1.807) is 0 Å². The summed E-state index contributed by atoms with van der Waals surface area (Å²) < 4.78 is 0. The average Bonchev–Trinajstić information content (AvgIpc) is 2.86. The molecule has 0 aliphatic carbocycles. The van der Waals surface area contributed by atoms with Crippen LogP contribution in [0, 0.1) is 0 Å². The van der Waals surface area contributed by atoms with Gasteiger partial charge < -0.3 is 9.80 Å². The number of carbonyl (C=O) groups excluding carboxylic acids is 1. The van der Waals surface area contributed by atoms with E-state index in [0.717, 1.165) is 39.3 Å². The highest BCUT2D eigenvalue weighted by Gasteiger charge is 2.22. The molecule has 2 saturated heterocycles. The number of rotatable bonds is 3. The van der Waals surface area contributed by atoms with E-state index in [9.17, 15) is 4.79 Å². The first-order valence-corrected chi connectivity index (χ1v) is 8.63. The van der Waals surface area contributed by atoms with Gasteiger partial charge >= 0.3 is 0 Å². The molecule has 2 aliphatic heterocycles. The number of hydrogen-bond acceptors (Lipinski definition) is 3. The molecule has 4 heteroatoms. The molecule has 0 unspecified atom stereocenters. The first kappa shape index (κ1) is 15.3. The summed E-state index contributed by atoms with van der Waals surface area (Å²) in [5, 5.41) is 0. The largest absolute Gasteiger partial charge is 0.369 e. The van der Waals surface area contributed by atoms with E-state index in [2.05, 4.69) is 45.0 Å². The van der Waals surface area contributed by atoms with Crippen LogP contribution in [0.15, 0.2) is 30.3 Å². The third kappa shape index (κ3) is 4.01. The Balaban J connectivity index is 1.46. The molecule has 0 N–H and O–H groups in total. The smallest absolute Gasteiger partial charge is 0.236 e. The van der Waals surface area contributed by atoms with Gasteiger partial charge in [0.05, 0.1) is 6.54 Å². The third-order valence-corrected chi connectivity index (χ3v) is 4.81. The van der Waals surface area contributed by atoms with Crippen LogP contribution < -0.4 is 4.90 Å². The van der Waals surface area contributed by atoms with Gasteiger partial charge in [-0.15, -0.1) is 0 Å². The number of piperazine rings is 1. The van der Waals surface area contributed by atoms with Crippen LogP contribution in [0.2, 0.25) is 0 Å². The summed E-state index contributed by atoms with van der Waals surface area (Å²) in [4.78, 5) is 19.2. The van der Waals surface area contributed by atoms with Gasteiger partial charge in [-0.2, -0.15) is 0 Å². The van der Waals surface area contributed by atoms with Crippen LogP contribution in [0.5, 0.6) is 0 Å². The molecule has 3 rings (SSSR count). The summed E-state index contributed by atoms with van der Waals surface area (Å²) in [6.07, 6.45) is 4.90. The van der Waals surface area contributed by atoms with E-state index in [1.165, 1.54) is 31.4 Å². The molecule has 2 heterocycles. The predicted molar refractivity (Wildman–Crippen MR) is 90.1 cm³/mol. The second-order valence-electron chi connectivity index (χ2n) is 6.39. The van der Waals surface area contributed by atoms with Crippen molar-refractivity contribution in [3.05, 3.63) is 30.3 Å². The zero-order chi connectivity index (χ0) is 15.2. The molecule has 0 saturated carbocycles. The van der Waals surface area contributed by atoms with Gasteiger partial charge in [0.2, 0.25) is 5.91 Å². The Morgan fingerprint density at radius 3 is 2.09 bits per heavy atom. The summed E-state index contributed by atoms with van der Waals surface area (Å²) in [5.41, 5.74) is 1.29. The Hall–Kier alpha value is -1.55. The van der Waals surface area contributed by atoms with Crippen LogP contribution in [0.3, 0.4) is 0 Å². The zero-order valence-electron chi connectivity index (χ0n) is 13.4. The molecular formula is C18H27N3O. The molecule has 2 fully saturated rings. The Morgan fingerprint density at radius 1 is 0.818 bits per heavy atom. The fraction of sp³-hybridized carbons (Fsp3) is 0.611. The summed E-state index contributed by atoms with van der Waals surface area (Å²) in [6.45, 7) is 6.51. The average molecular weight is 301 g/mol. The first-order chi connectivity index (χ1) is 10.8. The number of nitrogens with zero attached hydrogens (tertiary/aromatic N) is 3. The normalized spacial score (nSPS) is 20.7. The monoisotopic (exact) mass is 301 g/mol. The molecule has 4 nitrogen and oxygen atoms in total. The Kier molecular flexibility index (Phi) is 5.33. The van der Waals surface area contributed by atoms with E-state index in [4.69, 9.17) is 0 Å². The van der Waals surface area contributed by atoms with Crippen LogP contribution in [-0.2, 0) is 4.79 Å². The summed E-state index contributed by atoms with van der Waals surface area (Å²) in [7, 11) is 0. The Labute approximate surface area is 133 Å². The minimum Gasteiger partial charge on any atom is -0.369 e. The minimum absolute atomic E-state index is 0.329. The lowest BCUT2D eigenvalue weighted by Gasteiger charge is -2.36. The summed E-state index contributed by atoms with van der Waals surface area (Å²) in [5.74, 6) is 0.329. The maximum Gasteiger partial charge on any atom is 0.236 e. The number of amides is 1. The van der Waals surface area contributed by atoms with Gasteiger partial charge in [-0.3, -0.25) is 9.69 Å². The fourth-order valence-electron chi connectivity index (χ4n) is 3.41. The van der Waals surface area contributed by atoms with Gasteiger partial charge in [-0.25, -0.2) is 0 Å². The zero-order valence-corrected chi connectivity index (χ0v) is 13.4. The molecule has 0 bridgehead atoms. The second-order valence-corrected chi connectivity index (χ2v) is 6.39. The molecule has 1 aromatic rings. The minimum atomic E-state index is 0.329. The van der Waals surface area contributed by atoms with Crippen molar-refractivity contribution in [2.45, 2.75) is 25.7 Å². The van der Waals surface area contributed by atoms with Gasteiger partial charge in [0.15, 0.2) is 0 Å². The lowest BCUT2D eigenvalue weighted by molar-refractivity contribution is -0.132. The number of benzene rings is 1. The van der Waals surface area contributed by atoms with E-state index in [1.807, 2.05) is 0 Å². The number of para-hydroxylation sites is 1. The standard InChI is InChI=1S/C18H27N3O/c22-18(21-10-6-1-2-7-11-21)16-19-12-14-20(15-13-19)17-8-4-3-5-9-17/h3-5,8-9H,1-2,6-7,10-16H2. The lowest BCUT2D eigenvalue weighted by atomic mass is 10.2. The van der Waals surface area contributed by atoms with Gasteiger partial charge in [-0.1, -0.05) is 31.0 Å². The number of anilines is 1. The van der Waals surface area contributed by atoms with Gasteiger partial charge in [0.25, 0.3) is 0 Å². The highest BCUT2D eigenvalue weighted by molar-refractivity contribution is 5.78. The number of likely N-dealkylation sites (tertiary alicyclic amines) is 1. The summed E-state index contributed by atoms with van der Waals surface area (Å²) in [6, 6.07) is 10.6. The van der Waals surface area contributed by atoms with Crippen molar-refractivity contribution in [3.8, 4) is 0 Å². The van der Waals surface area contributed by atoms with E-state index in [0.29, 0.717) is 12.5 Å². The molecular weight excluding hydrogens is 274 g/mol. The Morgan fingerprint density at radius 2 is 1.45 bits per heavy atom. The molecule has 1 amide bonds. The predicted octanol–water partition coefficient (Wildman–Crippen LogP) is 2.21. The topological polar surface area (TPSA) is 26.8 Å². The highest BCUT2D eigenvalue weighted by atomic mass is 16.2. The number of carbonyl (C=O) groups is 1. The lowest BCUT2D eigenvalue weighted by Crippen LogP contribution is -2.50. The summed E-state index contributed by atoms with van der Waals surface area (Å²) >= 11 is 0. The molecule has 0 radical (unpaired) electrons. The maximum atomic E-state index is 12.4. The first-order valence-electron chi connectivity index (χ1n) is 8.63. The second kappa shape index (κ2) is 7.63. The maximum absolute atomic E-state index is 12.4. The van der Waals surface area contributed by atoms with Crippen molar-refractivity contribution in [3.63, 3.8) is 0 Å². The van der Waals surface area contributed by atoms with E-state index >= 15 is 0 Å². The quantitative estimate of drug-likeness (QED) is 0.856. The van der Waals surface area contributed by atoms with Crippen LogP contribution in [-0.4, -0.2) is 61.5 Å².